The van der Waals surface area contributed by atoms with Crippen molar-refractivity contribution in [2.75, 3.05) is 32.7 Å². The maximum atomic E-state index is 12.0. The molecule has 1 heterocycles. The summed E-state index contributed by atoms with van der Waals surface area (Å²) in [6.45, 7) is 3.18. The van der Waals surface area contributed by atoms with Crippen molar-refractivity contribution in [1.29, 1.82) is 0 Å². The Morgan fingerprint density at radius 3 is 0.600 bits per heavy atom. The van der Waals surface area contributed by atoms with Crippen LogP contribution in [0.15, 0.2) is 0 Å². The van der Waals surface area contributed by atoms with Gasteiger partial charge in [0.2, 0.25) is 29.5 Å². The molecule has 40 heavy (non-hydrogen) atoms. The van der Waals surface area contributed by atoms with Crippen LogP contribution in [-0.4, -0.2) is 62.3 Å². The first-order chi connectivity index (χ1) is 19.5. The average molecular weight is 566 g/mol. The first-order valence-electron chi connectivity index (χ1n) is 15.8. The Labute approximate surface area is 241 Å². The second-order valence-corrected chi connectivity index (χ2v) is 10.8. The molecule has 0 spiro atoms. The molecule has 0 radical (unpaired) electrons. The third-order valence-electron chi connectivity index (χ3n) is 7.01. The SMILES string of the molecule is O=C1CCCCCNC(=O)CCCCCNC(=O)CCCCCNC(=O)CCCCCNC(=O)CCCCCN1. The monoisotopic (exact) mass is 565 g/mol. The van der Waals surface area contributed by atoms with Crippen LogP contribution in [0.2, 0.25) is 0 Å². The van der Waals surface area contributed by atoms with Gasteiger partial charge in [0.15, 0.2) is 0 Å². The lowest BCUT2D eigenvalue weighted by atomic mass is 10.1. The van der Waals surface area contributed by atoms with Crippen LogP contribution in [0.25, 0.3) is 0 Å². The van der Waals surface area contributed by atoms with E-state index >= 15 is 0 Å². The Kier molecular flexibility index (Phi) is 22.4. The molecule has 5 N–H and O–H groups in total. The number of carbonyl (C=O) groups excluding carboxylic acids is 5. The summed E-state index contributed by atoms with van der Waals surface area (Å²) < 4.78 is 0. The Morgan fingerprint density at radius 2 is 0.425 bits per heavy atom. The molecule has 0 saturated carbocycles. The largest absolute Gasteiger partial charge is 0.356 e. The van der Waals surface area contributed by atoms with Crippen LogP contribution in [0.4, 0.5) is 0 Å². The number of hydrogen-bond acceptors (Lipinski definition) is 5. The van der Waals surface area contributed by atoms with Crippen molar-refractivity contribution in [3.05, 3.63) is 0 Å². The summed E-state index contributed by atoms with van der Waals surface area (Å²) >= 11 is 0. The van der Waals surface area contributed by atoms with E-state index in [0.717, 1.165) is 96.3 Å². The summed E-state index contributed by atoms with van der Waals surface area (Å²) in [5, 5.41) is 14.7. The molecule has 10 heteroatoms. The van der Waals surface area contributed by atoms with E-state index in [1.165, 1.54) is 0 Å². The molecule has 0 aromatic carbocycles. The summed E-state index contributed by atoms with van der Waals surface area (Å²) in [4.78, 5) is 59.8. The molecule has 1 rings (SSSR count). The zero-order valence-corrected chi connectivity index (χ0v) is 24.7. The average Bonchev–Trinajstić information content (AvgIpc) is 2.93. The van der Waals surface area contributed by atoms with Crippen molar-refractivity contribution >= 4 is 29.5 Å². The van der Waals surface area contributed by atoms with Gasteiger partial charge in [-0.1, -0.05) is 32.1 Å². The lowest BCUT2D eigenvalue weighted by Crippen LogP contribution is -2.25. The van der Waals surface area contributed by atoms with Gasteiger partial charge in [0, 0.05) is 64.8 Å². The molecule has 0 aromatic rings. The van der Waals surface area contributed by atoms with Crippen LogP contribution >= 0.6 is 0 Å². The third-order valence-corrected chi connectivity index (χ3v) is 7.01. The second kappa shape index (κ2) is 25.3. The van der Waals surface area contributed by atoms with Crippen molar-refractivity contribution in [1.82, 2.24) is 26.6 Å². The standard InChI is InChI=1S/C30H55N5O5/c36-26-16-6-1-11-21-31-27(37)17-7-2-13-23-33-29(39)19-9-4-15-25-35-30(40)20-10-5-14-24-34-28(38)18-8-3-12-22-32-26/h1-25H2,(H,31,37)(H,32,36)(H,33,39)(H,34,38)(H,35,40). The van der Waals surface area contributed by atoms with E-state index < -0.39 is 0 Å². The lowest BCUT2D eigenvalue weighted by molar-refractivity contribution is -0.122. The van der Waals surface area contributed by atoms with Gasteiger partial charge in [0.1, 0.15) is 0 Å². The number of hydrogen-bond donors (Lipinski definition) is 5. The van der Waals surface area contributed by atoms with E-state index in [9.17, 15) is 24.0 Å². The summed E-state index contributed by atoms with van der Waals surface area (Å²) in [6.07, 6.45) is 15.3. The predicted molar refractivity (Wildman–Crippen MR) is 157 cm³/mol. The summed E-state index contributed by atoms with van der Waals surface area (Å²) in [5.41, 5.74) is 0. The molecule has 1 aliphatic heterocycles. The predicted octanol–water partition coefficient (Wildman–Crippen LogP) is 3.38. The highest BCUT2D eigenvalue weighted by Crippen LogP contribution is 2.04. The van der Waals surface area contributed by atoms with Crippen molar-refractivity contribution < 1.29 is 24.0 Å². The van der Waals surface area contributed by atoms with E-state index in [1.807, 2.05) is 0 Å². The highest BCUT2D eigenvalue weighted by molar-refractivity contribution is 5.77. The van der Waals surface area contributed by atoms with Crippen LogP contribution in [0.1, 0.15) is 128 Å². The van der Waals surface area contributed by atoms with Crippen molar-refractivity contribution in [2.24, 2.45) is 0 Å². The fraction of sp³-hybridized carbons (Fsp3) is 0.833. The van der Waals surface area contributed by atoms with Gasteiger partial charge in [-0.15, -0.1) is 0 Å². The highest BCUT2D eigenvalue weighted by Gasteiger charge is 2.06. The zero-order chi connectivity index (χ0) is 29.1. The minimum atomic E-state index is 0.0585. The molecule has 1 aliphatic rings. The van der Waals surface area contributed by atoms with E-state index in [0.29, 0.717) is 64.8 Å². The van der Waals surface area contributed by atoms with Crippen LogP contribution in [-0.2, 0) is 24.0 Å². The minimum Gasteiger partial charge on any atom is -0.356 e. The van der Waals surface area contributed by atoms with Gasteiger partial charge in [-0.05, 0) is 64.2 Å². The van der Waals surface area contributed by atoms with E-state index in [1.54, 1.807) is 0 Å². The Bertz CT molecular complexity index is 542. The molecule has 0 aromatic heterocycles. The summed E-state index contributed by atoms with van der Waals surface area (Å²) in [6, 6.07) is 0. The normalized spacial score (nSPS) is 21.8. The lowest BCUT2D eigenvalue weighted by Gasteiger charge is -2.07. The van der Waals surface area contributed by atoms with Gasteiger partial charge in [-0.2, -0.15) is 0 Å². The highest BCUT2D eigenvalue weighted by atomic mass is 16.2. The maximum absolute atomic E-state index is 12.0. The fourth-order valence-electron chi connectivity index (χ4n) is 4.52. The van der Waals surface area contributed by atoms with Crippen molar-refractivity contribution in [3.8, 4) is 0 Å². The quantitative estimate of drug-likeness (QED) is 0.306. The van der Waals surface area contributed by atoms with Crippen molar-refractivity contribution in [3.63, 3.8) is 0 Å². The first kappa shape index (κ1) is 35.4. The molecule has 1 saturated heterocycles. The minimum absolute atomic E-state index is 0.0585. The van der Waals surface area contributed by atoms with Gasteiger partial charge < -0.3 is 26.6 Å². The maximum Gasteiger partial charge on any atom is 0.219 e. The van der Waals surface area contributed by atoms with Crippen LogP contribution in [0.3, 0.4) is 0 Å². The Balaban J connectivity index is 2.27. The Morgan fingerprint density at radius 1 is 0.250 bits per heavy atom. The van der Waals surface area contributed by atoms with E-state index in [2.05, 4.69) is 26.6 Å². The molecule has 0 bridgehead atoms. The fourth-order valence-corrected chi connectivity index (χ4v) is 4.52. The first-order valence-corrected chi connectivity index (χ1v) is 15.8. The number of rotatable bonds is 0. The van der Waals surface area contributed by atoms with Crippen LogP contribution in [0.5, 0.6) is 0 Å². The molecule has 0 unspecified atom stereocenters. The van der Waals surface area contributed by atoms with Crippen LogP contribution < -0.4 is 26.6 Å². The van der Waals surface area contributed by atoms with Gasteiger partial charge in [-0.25, -0.2) is 0 Å². The third kappa shape index (κ3) is 23.3. The molecular formula is C30H55N5O5. The second-order valence-electron chi connectivity index (χ2n) is 10.8. The smallest absolute Gasteiger partial charge is 0.219 e. The van der Waals surface area contributed by atoms with Gasteiger partial charge in [-0.3, -0.25) is 24.0 Å². The summed E-state index contributed by atoms with van der Waals surface area (Å²) in [7, 11) is 0. The molecule has 0 aliphatic carbocycles. The molecule has 230 valence electrons. The molecule has 0 atom stereocenters. The van der Waals surface area contributed by atoms with Crippen LogP contribution in [0, 0.1) is 0 Å². The molecule has 10 nitrogen and oxygen atoms in total. The number of carbonyl (C=O) groups is 5. The van der Waals surface area contributed by atoms with E-state index in [-0.39, 0.29) is 29.5 Å². The Hall–Kier alpha value is -2.65. The van der Waals surface area contributed by atoms with Gasteiger partial charge in [0.05, 0.1) is 0 Å². The van der Waals surface area contributed by atoms with Crippen molar-refractivity contribution in [2.45, 2.75) is 128 Å². The molecule has 1 fully saturated rings. The number of nitrogens with one attached hydrogen (secondary N) is 5. The van der Waals surface area contributed by atoms with Gasteiger partial charge in [0.25, 0.3) is 0 Å². The molecule has 5 amide bonds. The number of amides is 5. The topological polar surface area (TPSA) is 146 Å². The van der Waals surface area contributed by atoms with E-state index in [4.69, 9.17) is 0 Å². The molecular weight excluding hydrogens is 510 g/mol. The zero-order valence-electron chi connectivity index (χ0n) is 24.7. The summed E-state index contributed by atoms with van der Waals surface area (Å²) in [5.74, 6) is 0.292. The van der Waals surface area contributed by atoms with Gasteiger partial charge >= 0.3 is 0 Å².